The van der Waals surface area contributed by atoms with E-state index in [2.05, 4.69) is 15.7 Å². The Morgan fingerprint density at radius 1 is 1.07 bits per heavy atom. The molecule has 3 aromatic carbocycles. The molecule has 0 saturated carbocycles. The molecule has 0 spiro atoms. The van der Waals surface area contributed by atoms with Crippen LogP contribution in [0.2, 0.25) is 0 Å². The third-order valence-electron chi connectivity index (χ3n) is 7.49. The van der Waals surface area contributed by atoms with Crippen molar-refractivity contribution in [2.45, 2.75) is 18.0 Å². The predicted octanol–water partition coefficient (Wildman–Crippen LogP) is 4.75. The Balaban J connectivity index is 0.00000353. The van der Waals surface area contributed by atoms with E-state index < -0.39 is 17.7 Å². The second-order valence-electron chi connectivity index (χ2n) is 9.79. The molecule has 3 heterocycles. The Morgan fingerprint density at radius 3 is 2.45 bits per heavy atom. The third kappa shape index (κ3) is 4.74. The van der Waals surface area contributed by atoms with Crippen LogP contribution in [0.25, 0.3) is 0 Å². The summed E-state index contributed by atoms with van der Waals surface area (Å²) < 4.78 is 37.0. The summed E-state index contributed by atoms with van der Waals surface area (Å²) in [6.07, 6.45) is 1.42. The van der Waals surface area contributed by atoms with E-state index in [0.29, 0.717) is 24.5 Å². The number of aromatic nitrogens is 2. The summed E-state index contributed by atoms with van der Waals surface area (Å²) >= 11 is 0. The van der Waals surface area contributed by atoms with Gasteiger partial charge in [0, 0.05) is 35.5 Å². The summed E-state index contributed by atoms with van der Waals surface area (Å²) in [4.78, 5) is 28.6. The maximum absolute atomic E-state index is 15.1. The van der Waals surface area contributed by atoms with Crippen LogP contribution in [0.5, 0.6) is 5.75 Å². The highest BCUT2D eigenvalue weighted by atomic mass is 35.5. The van der Waals surface area contributed by atoms with Crippen LogP contribution in [0.15, 0.2) is 79.0 Å². The van der Waals surface area contributed by atoms with E-state index in [4.69, 9.17) is 4.74 Å². The lowest BCUT2D eigenvalue weighted by molar-refractivity contribution is 0.0428. The zero-order valence-corrected chi connectivity index (χ0v) is 23.1. The van der Waals surface area contributed by atoms with Crippen molar-refractivity contribution < 1.29 is 23.1 Å². The minimum absolute atomic E-state index is 0. The molecule has 4 aromatic rings. The number of anilines is 2. The minimum atomic E-state index is -3.20. The Labute approximate surface area is 246 Å². The van der Waals surface area contributed by atoms with Crippen LogP contribution >= 0.6 is 12.4 Å². The maximum Gasteiger partial charge on any atom is 0.298 e. The second kappa shape index (κ2) is 11.2. The van der Waals surface area contributed by atoms with Crippen LogP contribution in [-0.4, -0.2) is 47.8 Å². The molecule has 9 nitrogen and oxygen atoms in total. The van der Waals surface area contributed by atoms with Crippen LogP contribution in [0, 0.1) is 11.3 Å². The van der Waals surface area contributed by atoms with Crippen LogP contribution in [-0.2, 0) is 5.92 Å². The first-order chi connectivity index (χ1) is 19.8. The lowest BCUT2D eigenvalue weighted by atomic mass is 9.99. The van der Waals surface area contributed by atoms with Crippen molar-refractivity contribution in [3.8, 4) is 11.8 Å². The Hall–Kier alpha value is -4.79. The van der Waals surface area contributed by atoms with Crippen LogP contribution in [0.1, 0.15) is 43.6 Å². The number of nitriles is 1. The number of nitrogens with zero attached hydrogens (tertiary/aromatic N) is 4. The molecule has 1 aromatic heterocycles. The Bertz CT molecular complexity index is 1690. The molecule has 2 amide bonds. The molecule has 0 radical (unpaired) electrons. The number of amides is 2. The average Bonchev–Trinajstić information content (AvgIpc) is 3.65. The normalized spacial score (nSPS) is 17.5. The van der Waals surface area contributed by atoms with Gasteiger partial charge in [0.25, 0.3) is 17.7 Å². The minimum Gasteiger partial charge on any atom is -0.495 e. The number of halogens is 3. The topological polar surface area (TPSA) is 112 Å². The Kier molecular flexibility index (Phi) is 7.69. The van der Waals surface area contributed by atoms with Gasteiger partial charge in [0.1, 0.15) is 11.8 Å². The van der Waals surface area contributed by atoms with Gasteiger partial charge < -0.3 is 20.3 Å². The lowest BCUT2D eigenvalue weighted by Crippen LogP contribution is -2.51. The van der Waals surface area contributed by atoms with Gasteiger partial charge >= 0.3 is 0 Å². The number of rotatable bonds is 6. The van der Waals surface area contributed by atoms with E-state index in [-0.39, 0.29) is 58.1 Å². The first-order valence-corrected chi connectivity index (χ1v) is 12.9. The molecule has 0 bridgehead atoms. The molecule has 12 heteroatoms. The first-order valence-electron chi connectivity index (χ1n) is 12.9. The SMILES string of the molecule is COc1ccc(C(=O)Nc2cnn3c2C(=O)N(c2ccc(C(F)(F)c4ccccc4)cc2)[C@H]2CNC[C@@H]23)cc1C#N.Cl. The standard InChI is InChI=1S/C30H24F2N6O3.ClH/c1-41-26-12-7-18(13-19(26)14-33)28(39)36-23-15-35-38-25-17-34-16-24(25)37(29(40)27(23)38)22-10-8-21(9-11-22)30(31,32)20-5-3-2-4-6-20;/h2-13,15,24-25,34H,16-17H2,1H3,(H,36,39);1H/t24-,25-;/m0./s1. The number of hydrogen-bond donors (Lipinski definition) is 2. The fraction of sp³-hybridized carbons (Fsp3) is 0.200. The van der Waals surface area contributed by atoms with Crippen molar-refractivity contribution in [3.05, 3.63) is 107 Å². The highest BCUT2D eigenvalue weighted by Crippen LogP contribution is 2.39. The number of hydrogen-bond acceptors (Lipinski definition) is 6. The molecule has 1 saturated heterocycles. The Morgan fingerprint density at radius 2 is 1.76 bits per heavy atom. The smallest absolute Gasteiger partial charge is 0.298 e. The summed E-state index contributed by atoms with van der Waals surface area (Å²) in [5, 5.41) is 19.8. The molecule has 42 heavy (non-hydrogen) atoms. The van der Waals surface area contributed by atoms with E-state index in [1.807, 2.05) is 6.07 Å². The van der Waals surface area contributed by atoms with Gasteiger partial charge in [0.2, 0.25) is 0 Å². The van der Waals surface area contributed by atoms with Gasteiger partial charge in [0.05, 0.1) is 36.6 Å². The van der Waals surface area contributed by atoms with Gasteiger partial charge in [-0.1, -0.05) is 42.5 Å². The van der Waals surface area contributed by atoms with Crippen molar-refractivity contribution in [2.24, 2.45) is 0 Å². The van der Waals surface area contributed by atoms with Gasteiger partial charge in [-0.05, 0) is 30.3 Å². The highest BCUT2D eigenvalue weighted by molar-refractivity contribution is 6.13. The van der Waals surface area contributed by atoms with Crippen LogP contribution in [0.4, 0.5) is 20.2 Å². The summed E-state index contributed by atoms with van der Waals surface area (Å²) in [7, 11) is 1.43. The molecule has 0 aliphatic carbocycles. The number of methoxy groups -OCH3 is 1. The van der Waals surface area contributed by atoms with Crippen molar-refractivity contribution in [3.63, 3.8) is 0 Å². The summed E-state index contributed by atoms with van der Waals surface area (Å²) in [5.41, 5.74) is 0.934. The summed E-state index contributed by atoms with van der Waals surface area (Å²) in [6.45, 7) is 1.02. The lowest BCUT2D eigenvalue weighted by Gasteiger charge is -2.37. The number of carbonyl (C=O) groups excluding carboxylic acids is 2. The van der Waals surface area contributed by atoms with E-state index in [1.54, 1.807) is 27.8 Å². The number of alkyl halides is 2. The molecule has 2 aliphatic heterocycles. The molecule has 1 fully saturated rings. The largest absolute Gasteiger partial charge is 0.495 e. The average molecular weight is 591 g/mol. The van der Waals surface area contributed by atoms with E-state index in [9.17, 15) is 14.9 Å². The maximum atomic E-state index is 15.1. The molecule has 2 aliphatic rings. The fourth-order valence-electron chi connectivity index (χ4n) is 5.43. The van der Waals surface area contributed by atoms with Crippen LogP contribution in [0.3, 0.4) is 0 Å². The summed E-state index contributed by atoms with van der Waals surface area (Å²) in [5.74, 6) is -3.81. The molecule has 2 N–H and O–H groups in total. The zero-order valence-electron chi connectivity index (χ0n) is 22.3. The van der Waals surface area contributed by atoms with Gasteiger partial charge in [0.15, 0.2) is 5.69 Å². The molecule has 214 valence electrons. The first kappa shape index (κ1) is 28.7. The molecular weight excluding hydrogens is 566 g/mol. The predicted molar refractivity (Wildman–Crippen MR) is 154 cm³/mol. The van der Waals surface area contributed by atoms with Crippen molar-refractivity contribution >= 4 is 35.6 Å². The fourth-order valence-corrected chi connectivity index (χ4v) is 5.43. The van der Waals surface area contributed by atoms with Crippen molar-refractivity contribution in [1.29, 1.82) is 5.26 Å². The zero-order chi connectivity index (χ0) is 28.7. The van der Waals surface area contributed by atoms with Crippen molar-refractivity contribution in [1.82, 2.24) is 15.1 Å². The van der Waals surface area contributed by atoms with E-state index >= 15 is 8.78 Å². The number of nitrogens with one attached hydrogen (secondary N) is 2. The van der Waals surface area contributed by atoms with Crippen molar-refractivity contribution in [2.75, 3.05) is 30.4 Å². The van der Waals surface area contributed by atoms with Gasteiger partial charge in [-0.2, -0.15) is 19.1 Å². The monoisotopic (exact) mass is 590 g/mol. The van der Waals surface area contributed by atoms with Gasteiger partial charge in [-0.15, -0.1) is 12.4 Å². The van der Waals surface area contributed by atoms with Crippen LogP contribution < -0.4 is 20.3 Å². The molecule has 6 rings (SSSR count). The highest BCUT2D eigenvalue weighted by Gasteiger charge is 2.45. The quantitative estimate of drug-likeness (QED) is 0.335. The number of carbonyl (C=O) groups is 2. The van der Waals surface area contributed by atoms with E-state index in [1.165, 1.54) is 67.9 Å². The molecular formula is C30H25ClF2N6O3. The number of ether oxygens (including phenoxy) is 1. The van der Waals surface area contributed by atoms with Gasteiger partial charge in [-0.3, -0.25) is 14.3 Å². The molecule has 0 unspecified atom stereocenters. The summed E-state index contributed by atoms with van der Waals surface area (Å²) in [6, 6.07) is 19.2. The third-order valence-corrected chi connectivity index (χ3v) is 7.49. The number of benzene rings is 3. The van der Waals surface area contributed by atoms with E-state index in [0.717, 1.165) is 0 Å². The number of fused-ring (bicyclic) bond motifs is 3. The van der Waals surface area contributed by atoms with Gasteiger partial charge in [-0.25, -0.2) is 0 Å². The molecule has 2 atom stereocenters. The second-order valence-corrected chi connectivity index (χ2v) is 9.79.